The van der Waals surface area contributed by atoms with Crippen LogP contribution in [0, 0.1) is 0 Å². The molecule has 17 heavy (non-hydrogen) atoms. The average molecular weight is 230 g/mol. The van der Waals surface area contributed by atoms with Crippen molar-refractivity contribution in [1.82, 2.24) is 9.78 Å². The van der Waals surface area contributed by atoms with Crippen LogP contribution in [0.3, 0.4) is 0 Å². The van der Waals surface area contributed by atoms with E-state index in [-0.39, 0.29) is 5.78 Å². The fourth-order valence-corrected chi connectivity index (χ4v) is 1.55. The zero-order valence-electron chi connectivity index (χ0n) is 9.67. The first-order valence-corrected chi connectivity index (χ1v) is 5.46. The average Bonchev–Trinajstić information content (AvgIpc) is 2.77. The van der Waals surface area contributed by atoms with Crippen molar-refractivity contribution < 1.29 is 9.53 Å². The van der Waals surface area contributed by atoms with Gasteiger partial charge in [-0.15, -0.1) is 0 Å². The topological polar surface area (TPSA) is 44.1 Å². The van der Waals surface area contributed by atoms with Crippen LogP contribution in [0.4, 0.5) is 0 Å². The maximum Gasteiger partial charge on any atom is 0.184 e. The highest BCUT2D eigenvalue weighted by Crippen LogP contribution is 2.09. The van der Waals surface area contributed by atoms with E-state index >= 15 is 0 Å². The summed E-state index contributed by atoms with van der Waals surface area (Å²) in [6, 6.07) is 11.2. The van der Waals surface area contributed by atoms with Gasteiger partial charge in [0.15, 0.2) is 5.78 Å². The lowest BCUT2D eigenvalue weighted by Crippen LogP contribution is -2.10. The summed E-state index contributed by atoms with van der Waals surface area (Å²) in [6.07, 6.45) is 1.97. The molecule has 0 unspecified atom stereocenters. The number of hydrogen-bond donors (Lipinski definition) is 0. The number of ketones is 1. The molecule has 2 aromatic rings. The van der Waals surface area contributed by atoms with Gasteiger partial charge in [-0.3, -0.25) is 9.48 Å². The Morgan fingerprint density at radius 3 is 2.71 bits per heavy atom. The van der Waals surface area contributed by atoms with Crippen LogP contribution in [0.15, 0.2) is 42.6 Å². The number of carbonyl (C=O) groups is 1. The molecule has 1 aromatic carbocycles. The molecule has 88 valence electrons. The second-order valence-corrected chi connectivity index (χ2v) is 3.67. The SMILES string of the molecule is Cn1nccc1C(=O)CCOc1ccccc1. The van der Waals surface area contributed by atoms with Crippen LogP contribution in [0.5, 0.6) is 5.75 Å². The number of para-hydroxylation sites is 1. The maximum absolute atomic E-state index is 11.8. The van der Waals surface area contributed by atoms with Gasteiger partial charge in [0.25, 0.3) is 0 Å². The highest BCUT2D eigenvalue weighted by atomic mass is 16.5. The third-order valence-corrected chi connectivity index (χ3v) is 2.45. The zero-order chi connectivity index (χ0) is 12.1. The van der Waals surface area contributed by atoms with E-state index in [2.05, 4.69) is 5.10 Å². The van der Waals surface area contributed by atoms with Crippen LogP contribution in [-0.2, 0) is 7.05 Å². The molecule has 0 amide bonds. The lowest BCUT2D eigenvalue weighted by atomic mass is 10.2. The third-order valence-electron chi connectivity index (χ3n) is 2.45. The van der Waals surface area contributed by atoms with E-state index in [9.17, 15) is 4.79 Å². The minimum atomic E-state index is 0.0425. The lowest BCUT2D eigenvalue weighted by molar-refractivity contribution is 0.0953. The van der Waals surface area contributed by atoms with Crippen molar-refractivity contribution in [3.63, 3.8) is 0 Å². The van der Waals surface area contributed by atoms with Crippen molar-refractivity contribution in [2.75, 3.05) is 6.61 Å². The highest BCUT2D eigenvalue weighted by molar-refractivity contribution is 5.94. The number of hydrogen-bond acceptors (Lipinski definition) is 3. The monoisotopic (exact) mass is 230 g/mol. The van der Waals surface area contributed by atoms with Crippen molar-refractivity contribution in [3.8, 4) is 5.75 Å². The molecule has 1 heterocycles. The summed E-state index contributed by atoms with van der Waals surface area (Å²) in [6.45, 7) is 0.383. The molecule has 0 N–H and O–H groups in total. The molecule has 0 aliphatic rings. The van der Waals surface area contributed by atoms with E-state index in [1.54, 1.807) is 24.0 Å². The second-order valence-electron chi connectivity index (χ2n) is 3.67. The molecule has 0 saturated heterocycles. The van der Waals surface area contributed by atoms with Gasteiger partial charge in [0, 0.05) is 19.7 Å². The minimum Gasteiger partial charge on any atom is -0.493 e. The van der Waals surface area contributed by atoms with Crippen molar-refractivity contribution in [3.05, 3.63) is 48.3 Å². The van der Waals surface area contributed by atoms with Crippen molar-refractivity contribution in [1.29, 1.82) is 0 Å². The molecule has 0 atom stereocenters. The Kier molecular flexibility index (Phi) is 3.55. The van der Waals surface area contributed by atoms with Crippen molar-refractivity contribution in [2.24, 2.45) is 7.05 Å². The van der Waals surface area contributed by atoms with Crippen LogP contribution in [0.2, 0.25) is 0 Å². The Balaban J connectivity index is 1.84. The van der Waals surface area contributed by atoms with Crippen molar-refractivity contribution in [2.45, 2.75) is 6.42 Å². The number of rotatable bonds is 5. The largest absolute Gasteiger partial charge is 0.493 e. The van der Waals surface area contributed by atoms with Gasteiger partial charge in [0.05, 0.1) is 6.61 Å². The second kappa shape index (κ2) is 5.30. The molecule has 0 aliphatic heterocycles. The summed E-state index contributed by atoms with van der Waals surface area (Å²) < 4.78 is 7.04. The molecule has 0 spiro atoms. The number of benzene rings is 1. The molecule has 1 aromatic heterocycles. The standard InChI is InChI=1S/C13H14N2O2/c1-15-12(7-9-14-15)13(16)8-10-17-11-5-3-2-4-6-11/h2-7,9H,8,10H2,1H3. The molecule has 4 nitrogen and oxygen atoms in total. The van der Waals surface area contributed by atoms with Gasteiger partial charge in [0.1, 0.15) is 11.4 Å². The zero-order valence-corrected chi connectivity index (χ0v) is 9.67. The van der Waals surface area contributed by atoms with Gasteiger partial charge in [-0.2, -0.15) is 5.10 Å². The van der Waals surface area contributed by atoms with Crippen molar-refractivity contribution >= 4 is 5.78 Å². The maximum atomic E-state index is 11.8. The normalized spacial score (nSPS) is 10.2. The Bertz CT molecular complexity index is 491. The quantitative estimate of drug-likeness (QED) is 0.738. The number of aromatic nitrogens is 2. The molecule has 0 bridgehead atoms. The Morgan fingerprint density at radius 1 is 1.29 bits per heavy atom. The predicted octanol–water partition coefficient (Wildman–Crippen LogP) is 2.07. The molecule has 0 fully saturated rings. The van der Waals surface area contributed by atoms with Crippen LogP contribution in [-0.4, -0.2) is 22.2 Å². The van der Waals surface area contributed by atoms with E-state index in [0.717, 1.165) is 5.75 Å². The van der Waals surface area contributed by atoms with Crippen LogP contribution in [0.25, 0.3) is 0 Å². The van der Waals surface area contributed by atoms with E-state index in [4.69, 9.17) is 4.74 Å². The molecule has 2 rings (SSSR count). The first kappa shape index (κ1) is 11.4. The van der Waals surface area contributed by atoms with E-state index in [0.29, 0.717) is 18.7 Å². The Hall–Kier alpha value is -2.10. The number of ether oxygens (including phenoxy) is 1. The lowest BCUT2D eigenvalue weighted by Gasteiger charge is -2.05. The Morgan fingerprint density at radius 2 is 2.06 bits per heavy atom. The number of aryl methyl sites for hydroxylation is 1. The molecular formula is C13H14N2O2. The molecule has 0 radical (unpaired) electrons. The fourth-order valence-electron chi connectivity index (χ4n) is 1.55. The van der Waals surface area contributed by atoms with Crippen LogP contribution in [0.1, 0.15) is 16.9 Å². The fraction of sp³-hybridized carbons (Fsp3) is 0.231. The van der Waals surface area contributed by atoms with E-state index < -0.39 is 0 Å². The van der Waals surface area contributed by atoms with Gasteiger partial charge in [-0.05, 0) is 18.2 Å². The van der Waals surface area contributed by atoms with Gasteiger partial charge in [0.2, 0.25) is 0 Å². The van der Waals surface area contributed by atoms with E-state index in [1.165, 1.54) is 0 Å². The molecule has 0 saturated carbocycles. The summed E-state index contributed by atoms with van der Waals surface area (Å²) in [4.78, 5) is 11.8. The highest BCUT2D eigenvalue weighted by Gasteiger charge is 2.09. The smallest absolute Gasteiger partial charge is 0.184 e. The van der Waals surface area contributed by atoms with Crippen LogP contribution < -0.4 is 4.74 Å². The predicted molar refractivity (Wildman–Crippen MR) is 64.1 cm³/mol. The Labute approximate surface area is 99.8 Å². The van der Waals surface area contributed by atoms with Crippen LogP contribution >= 0.6 is 0 Å². The van der Waals surface area contributed by atoms with Gasteiger partial charge < -0.3 is 4.74 Å². The first-order chi connectivity index (χ1) is 8.27. The van der Waals surface area contributed by atoms with Gasteiger partial charge in [-0.25, -0.2) is 0 Å². The summed E-state index contributed by atoms with van der Waals surface area (Å²) in [5, 5.41) is 3.96. The molecular weight excluding hydrogens is 216 g/mol. The number of carbonyl (C=O) groups excluding carboxylic acids is 1. The number of nitrogens with zero attached hydrogens (tertiary/aromatic N) is 2. The van der Waals surface area contributed by atoms with E-state index in [1.807, 2.05) is 30.3 Å². The third kappa shape index (κ3) is 2.93. The summed E-state index contributed by atoms with van der Waals surface area (Å²) in [5.41, 5.74) is 0.613. The summed E-state index contributed by atoms with van der Waals surface area (Å²) in [7, 11) is 1.76. The summed E-state index contributed by atoms with van der Waals surface area (Å²) >= 11 is 0. The minimum absolute atomic E-state index is 0.0425. The molecule has 0 aliphatic carbocycles. The van der Waals surface area contributed by atoms with Gasteiger partial charge in [-0.1, -0.05) is 18.2 Å². The first-order valence-electron chi connectivity index (χ1n) is 5.46. The van der Waals surface area contributed by atoms with Gasteiger partial charge >= 0.3 is 0 Å². The molecule has 4 heteroatoms. The number of Topliss-reactive ketones (excluding diaryl/α,β-unsaturated/α-hetero) is 1. The summed E-state index contributed by atoms with van der Waals surface area (Å²) in [5.74, 6) is 0.825.